The number of nitrogens with one attached hydrogen (secondary N) is 2. The molecule has 0 unspecified atom stereocenters. The number of sulfonamides is 1. The number of carbonyl (C=O) groups is 1. The van der Waals surface area contributed by atoms with Crippen LogP contribution in [0.2, 0.25) is 0 Å². The maximum absolute atomic E-state index is 12.3. The molecule has 2 rings (SSSR count). The van der Waals surface area contributed by atoms with Gasteiger partial charge in [0, 0.05) is 13.1 Å². The Balaban J connectivity index is 1.92. The molecular formula is C18H19N3O6S. The molecule has 0 fully saturated rings. The smallest absolute Gasteiger partial charge is 0.321 e. The minimum Gasteiger partial charge on any atom is -0.460 e. The first kappa shape index (κ1) is 21.1. The number of hydrogen-bond donors (Lipinski definition) is 2. The monoisotopic (exact) mass is 405 g/mol. The molecule has 2 N–H and O–H groups in total. The van der Waals surface area contributed by atoms with E-state index in [1.807, 2.05) is 30.3 Å². The minimum absolute atomic E-state index is 0.0161. The van der Waals surface area contributed by atoms with Crippen LogP contribution in [0.5, 0.6) is 0 Å². The van der Waals surface area contributed by atoms with Gasteiger partial charge in [-0.3, -0.25) is 14.9 Å². The van der Waals surface area contributed by atoms with Gasteiger partial charge in [-0.25, -0.2) is 8.42 Å². The summed E-state index contributed by atoms with van der Waals surface area (Å²) in [5.74, 6) is -0.775. The summed E-state index contributed by atoms with van der Waals surface area (Å²) in [6.45, 7) is -0.610. The third-order valence-electron chi connectivity index (χ3n) is 3.60. The van der Waals surface area contributed by atoms with Crippen molar-refractivity contribution in [3.8, 4) is 0 Å². The van der Waals surface area contributed by atoms with Crippen LogP contribution in [-0.4, -0.2) is 39.5 Å². The predicted molar refractivity (Wildman–Crippen MR) is 104 cm³/mol. The molecular weight excluding hydrogens is 386 g/mol. The quantitative estimate of drug-likeness (QED) is 0.372. The highest BCUT2D eigenvalue weighted by molar-refractivity contribution is 7.89. The van der Waals surface area contributed by atoms with E-state index in [9.17, 15) is 23.3 Å². The van der Waals surface area contributed by atoms with Crippen molar-refractivity contribution < 1.29 is 22.9 Å². The standard InChI is InChI=1S/C18H19N3O6S/c1-19-16-10-9-15(12-17(16)21(23)24)28(25,26)20-13-18(22)27-11-5-8-14-6-3-2-4-7-14/h2-10,12,19-20H,11,13H2,1H3. The molecule has 0 aliphatic heterocycles. The lowest BCUT2D eigenvalue weighted by atomic mass is 10.2. The van der Waals surface area contributed by atoms with E-state index in [-0.39, 0.29) is 22.9 Å². The van der Waals surface area contributed by atoms with E-state index in [2.05, 4.69) is 10.0 Å². The predicted octanol–water partition coefficient (Wildman–Crippen LogP) is 2.17. The van der Waals surface area contributed by atoms with E-state index in [4.69, 9.17) is 4.74 Å². The van der Waals surface area contributed by atoms with Crippen molar-refractivity contribution in [3.05, 3.63) is 70.3 Å². The fourth-order valence-corrected chi connectivity index (χ4v) is 3.21. The van der Waals surface area contributed by atoms with Gasteiger partial charge in [0.15, 0.2) is 0 Å². The topological polar surface area (TPSA) is 128 Å². The summed E-state index contributed by atoms with van der Waals surface area (Å²) in [7, 11) is -2.63. The fraction of sp³-hybridized carbons (Fsp3) is 0.167. The Hall–Kier alpha value is -3.24. The molecule has 28 heavy (non-hydrogen) atoms. The van der Waals surface area contributed by atoms with Gasteiger partial charge in [-0.1, -0.05) is 36.4 Å². The molecule has 0 atom stereocenters. The number of anilines is 1. The summed E-state index contributed by atoms with van der Waals surface area (Å²) in [6.07, 6.45) is 3.39. The van der Waals surface area contributed by atoms with Gasteiger partial charge in [-0.2, -0.15) is 4.72 Å². The van der Waals surface area contributed by atoms with Crippen LogP contribution in [-0.2, 0) is 19.6 Å². The Labute approximate surface area is 162 Å². The largest absolute Gasteiger partial charge is 0.460 e. The van der Waals surface area contributed by atoms with E-state index >= 15 is 0 Å². The van der Waals surface area contributed by atoms with E-state index in [1.54, 1.807) is 12.2 Å². The van der Waals surface area contributed by atoms with E-state index in [0.29, 0.717) is 0 Å². The zero-order chi connectivity index (χ0) is 20.6. The molecule has 0 aliphatic rings. The normalized spacial score (nSPS) is 11.3. The third kappa shape index (κ3) is 5.89. The first-order valence-electron chi connectivity index (χ1n) is 8.16. The summed E-state index contributed by atoms with van der Waals surface area (Å²) in [4.78, 5) is 21.7. The molecule has 0 saturated carbocycles. The first-order valence-corrected chi connectivity index (χ1v) is 9.65. The molecule has 0 spiro atoms. The minimum atomic E-state index is -4.11. The molecule has 0 heterocycles. The summed E-state index contributed by atoms with van der Waals surface area (Å²) >= 11 is 0. The van der Waals surface area contributed by atoms with Crippen molar-refractivity contribution in [1.29, 1.82) is 0 Å². The Morgan fingerprint density at radius 1 is 1.21 bits per heavy atom. The number of carbonyl (C=O) groups excluding carboxylic acids is 1. The van der Waals surface area contributed by atoms with Crippen LogP contribution in [0, 0.1) is 10.1 Å². The first-order chi connectivity index (χ1) is 13.3. The molecule has 9 nitrogen and oxygen atoms in total. The summed E-state index contributed by atoms with van der Waals surface area (Å²) < 4.78 is 31.5. The lowest BCUT2D eigenvalue weighted by molar-refractivity contribution is -0.384. The van der Waals surface area contributed by atoms with E-state index in [0.717, 1.165) is 11.6 Å². The number of benzene rings is 2. The molecule has 0 amide bonds. The maximum Gasteiger partial charge on any atom is 0.321 e. The van der Waals surface area contributed by atoms with Crippen molar-refractivity contribution in [3.63, 3.8) is 0 Å². The van der Waals surface area contributed by atoms with Gasteiger partial charge < -0.3 is 10.1 Å². The SMILES string of the molecule is CNc1ccc(S(=O)(=O)NCC(=O)OCC=Cc2ccccc2)cc1[N+](=O)[O-]. The van der Waals surface area contributed by atoms with Gasteiger partial charge in [0.1, 0.15) is 18.8 Å². The summed E-state index contributed by atoms with van der Waals surface area (Å²) in [5, 5.41) is 13.7. The third-order valence-corrected chi connectivity index (χ3v) is 5.00. The molecule has 2 aromatic rings. The number of rotatable bonds is 9. The van der Waals surface area contributed by atoms with Crippen LogP contribution in [0.1, 0.15) is 5.56 Å². The summed E-state index contributed by atoms with van der Waals surface area (Å²) in [5.41, 5.74) is 0.721. The zero-order valence-corrected chi connectivity index (χ0v) is 15.8. The van der Waals surface area contributed by atoms with Crippen molar-refractivity contribution in [2.75, 3.05) is 25.5 Å². The van der Waals surface area contributed by atoms with Gasteiger partial charge in [0.05, 0.1) is 9.82 Å². The van der Waals surface area contributed by atoms with Crippen LogP contribution in [0.15, 0.2) is 59.5 Å². The van der Waals surface area contributed by atoms with Crippen LogP contribution in [0.3, 0.4) is 0 Å². The number of nitro groups is 1. The van der Waals surface area contributed by atoms with Crippen molar-refractivity contribution in [1.82, 2.24) is 4.72 Å². The lowest BCUT2D eigenvalue weighted by Gasteiger charge is -2.08. The second-order valence-corrected chi connectivity index (χ2v) is 7.27. The van der Waals surface area contributed by atoms with Gasteiger partial charge in [-0.05, 0) is 23.8 Å². The Morgan fingerprint density at radius 3 is 2.57 bits per heavy atom. The maximum atomic E-state index is 12.3. The van der Waals surface area contributed by atoms with Crippen molar-refractivity contribution in [2.45, 2.75) is 4.90 Å². The van der Waals surface area contributed by atoms with Gasteiger partial charge in [0.25, 0.3) is 5.69 Å². The van der Waals surface area contributed by atoms with Crippen molar-refractivity contribution in [2.24, 2.45) is 0 Å². The average Bonchev–Trinajstić information content (AvgIpc) is 2.70. The van der Waals surface area contributed by atoms with Crippen molar-refractivity contribution >= 4 is 33.4 Å². The second kappa shape index (κ2) is 9.62. The molecule has 0 aromatic heterocycles. The molecule has 0 bridgehead atoms. The zero-order valence-electron chi connectivity index (χ0n) is 15.0. The number of hydrogen-bond acceptors (Lipinski definition) is 7. The Bertz CT molecular complexity index is 974. The lowest BCUT2D eigenvalue weighted by Crippen LogP contribution is -2.30. The van der Waals surface area contributed by atoms with Crippen LogP contribution >= 0.6 is 0 Å². The molecule has 0 aliphatic carbocycles. The number of esters is 1. The van der Waals surface area contributed by atoms with Crippen LogP contribution < -0.4 is 10.0 Å². The highest BCUT2D eigenvalue weighted by atomic mass is 32.2. The Kier molecular flexibility index (Phi) is 7.24. The second-order valence-electron chi connectivity index (χ2n) is 5.51. The molecule has 148 valence electrons. The average molecular weight is 405 g/mol. The molecule has 10 heteroatoms. The number of nitrogens with zero attached hydrogens (tertiary/aromatic N) is 1. The highest BCUT2D eigenvalue weighted by Crippen LogP contribution is 2.26. The van der Waals surface area contributed by atoms with E-state index < -0.39 is 27.5 Å². The Morgan fingerprint density at radius 2 is 1.93 bits per heavy atom. The highest BCUT2D eigenvalue weighted by Gasteiger charge is 2.21. The number of nitro benzene ring substituents is 1. The number of ether oxygens (including phenoxy) is 1. The molecule has 0 radical (unpaired) electrons. The van der Waals surface area contributed by atoms with Crippen LogP contribution in [0.25, 0.3) is 6.08 Å². The fourth-order valence-electron chi connectivity index (χ4n) is 2.22. The summed E-state index contributed by atoms with van der Waals surface area (Å²) in [6, 6.07) is 12.8. The van der Waals surface area contributed by atoms with E-state index in [1.165, 1.54) is 19.2 Å². The van der Waals surface area contributed by atoms with Crippen LogP contribution in [0.4, 0.5) is 11.4 Å². The van der Waals surface area contributed by atoms with Gasteiger partial charge >= 0.3 is 5.97 Å². The molecule has 2 aromatic carbocycles. The van der Waals surface area contributed by atoms with Gasteiger partial charge in [0.2, 0.25) is 10.0 Å². The van der Waals surface area contributed by atoms with Gasteiger partial charge in [-0.15, -0.1) is 0 Å². The molecule has 0 saturated heterocycles.